The zero-order chi connectivity index (χ0) is 38.2. The molecular weight excluding hydrogens is 711 g/mol. The number of para-hydroxylation sites is 2. The van der Waals surface area contributed by atoms with Crippen LogP contribution in [0.3, 0.4) is 0 Å². The zero-order valence-corrected chi connectivity index (χ0v) is 31.1. The first-order chi connectivity index (χ1) is 28.7. The van der Waals surface area contributed by atoms with Gasteiger partial charge in [0.1, 0.15) is 22.3 Å². The second kappa shape index (κ2) is 12.8. The molecule has 0 amide bonds. The van der Waals surface area contributed by atoms with Crippen LogP contribution in [-0.4, -0.2) is 15.0 Å². The number of hydrogen-bond donors (Lipinski definition) is 0. The molecular formula is C53H31N3O2. The van der Waals surface area contributed by atoms with Gasteiger partial charge in [-0.3, -0.25) is 0 Å². The predicted molar refractivity (Wildman–Crippen MR) is 237 cm³/mol. The summed E-state index contributed by atoms with van der Waals surface area (Å²) in [5.41, 5.74) is 10.6. The molecule has 58 heavy (non-hydrogen) atoms. The Balaban J connectivity index is 1.07. The van der Waals surface area contributed by atoms with Crippen LogP contribution in [0.5, 0.6) is 0 Å². The van der Waals surface area contributed by atoms with E-state index in [0.717, 1.165) is 88.0 Å². The third-order valence-electron chi connectivity index (χ3n) is 11.4. The smallest absolute Gasteiger partial charge is 0.164 e. The number of benzene rings is 9. The molecule has 0 atom stereocenters. The Kier molecular flexibility index (Phi) is 7.16. The molecule has 0 fully saturated rings. The van der Waals surface area contributed by atoms with Crippen LogP contribution < -0.4 is 0 Å². The third-order valence-corrected chi connectivity index (χ3v) is 11.4. The van der Waals surface area contributed by atoms with Crippen molar-refractivity contribution in [3.8, 4) is 56.4 Å². The van der Waals surface area contributed by atoms with E-state index in [1.165, 1.54) is 16.3 Å². The molecule has 0 radical (unpaired) electrons. The summed E-state index contributed by atoms with van der Waals surface area (Å²) in [6.45, 7) is 0. The van der Waals surface area contributed by atoms with Crippen molar-refractivity contribution in [2.45, 2.75) is 0 Å². The van der Waals surface area contributed by atoms with E-state index in [1.54, 1.807) is 0 Å². The summed E-state index contributed by atoms with van der Waals surface area (Å²) in [6, 6.07) is 65.1. The fourth-order valence-electron chi connectivity index (χ4n) is 8.71. The highest BCUT2D eigenvalue weighted by atomic mass is 16.3. The van der Waals surface area contributed by atoms with E-state index in [9.17, 15) is 0 Å². The average Bonchev–Trinajstić information content (AvgIpc) is 3.87. The first-order valence-electron chi connectivity index (χ1n) is 19.4. The van der Waals surface area contributed by atoms with Crippen LogP contribution in [0, 0.1) is 0 Å². The molecule has 0 unspecified atom stereocenters. The minimum absolute atomic E-state index is 0.582. The van der Waals surface area contributed by atoms with Crippen LogP contribution in [0.1, 0.15) is 0 Å². The van der Waals surface area contributed by atoms with Crippen molar-refractivity contribution >= 4 is 65.4 Å². The van der Waals surface area contributed by atoms with Gasteiger partial charge in [-0.05, 0) is 74.1 Å². The summed E-state index contributed by atoms with van der Waals surface area (Å²) < 4.78 is 12.6. The Morgan fingerprint density at radius 2 is 0.707 bits per heavy atom. The van der Waals surface area contributed by atoms with E-state index in [1.807, 2.05) is 48.5 Å². The monoisotopic (exact) mass is 741 g/mol. The van der Waals surface area contributed by atoms with Crippen LogP contribution in [0.4, 0.5) is 0 Å². The molecule has 3 heterocycles. The van der Waals surface area contributed by atoms with Gasteiger partial charge in [-0.25, -0.2) is 15.0 Å². The SMILES string of the molecule is c1ccc2c(-c3ccc(-c4nc(-c5ccc(-c6cccc7oc8ccccc8c67)c6ccccc56)nc(-c5cccc6oc7ccccc7c56)n4)cc3)cccc2c1. The number of aromatic nitrogens is 3. The number of furan rings is 2. The molecule has 0 aliphatic rings. The summed E-state index contributed by atoms with van der Waals surface area (Å²) in [7, 11) is 0. The third kappa shape index (κ3) is 5.07. The first kappa shape index (κ1) is 32.4. The van der Waals surface area contributed by atoms with Gasteiger partial charge in [-0.15, -0.1) is 0 Å². The van der Waals surface area contributed by atoms with Crippen molar-refractivity contribution in [3.05, 3.63) is 188 Å². The van der Waals surface area contributed by atoms with Crippen LogP contribution in [-0.2, 0) is 0 Å². The van der Waals surface area contributed by atoms with Crippen molar-refractivity contribution < 1.29 is 8.83 Å². The largest absolute Gasteiger partial charge is 0.456 e. The molecule has 0 N–H and O–H groups in total. The lowest BCUT2D eigenvalue weighted by atomic mass is 9.92. The summed E-state index contributed by atoms with van der Waals surface area (Å²) in [5, 5.41) is 8.78. The van der Waals surface area contributed by atoms with Gasteiger partial charge >= 0.3 is 0 Å². The molecule has 0 bridgehead atoms. The van der Waals surface area contributed by atoms with Crippen molar-refractivity contribution in [1.29, 1.82) is 0 Å². The van der Waals surface area contributed by atoms with Crippen molar-refractivity contribution in [3.63, 3.8) is 0 Å². The number of fused-ring (bicyclic) bond motifs is 8. The van der Waals surface area contributed by atoms with Crippen LogP contribution in [0.2, 0.25) is 0 Å². The number of nitrogens with zero attached hydrogens (tertiary/aromatic N) is 3. The first-order valence-corrected chi connectivity index (χ1v) is 19.4. The highest BCUT2D eigenvalue weighted by Gasteiger charge is 2.21. The van der Waals surface area contributed by atoms with Crippen molar-refractivity contribution in [2.75, 3.05) is 0 Å². The van der Waals surface area contributed by atoms with Crippen LogP contribution in [0.15, 0.2) is 197 Å². The fraction of sp³-hybridized carbons (Fsp3) is 0. The van der Waals surface area contributed by atoms with E-state index in [4.69, 9.17) is 23.8 Å². The summed E-state index contributed by atoms with van der Waals surface area (Å²) >= 11 is 0. The zero-order valence-electron chi connectivity index (χ0n) is 31.1. The maximum absolute atomic E-state index is 6.32. The minimum Gasteiger partial charge on any atom is -0.456 e. The van der Waals surface area contributed by atoms with Gasteiger partial charge in [0, 0.05) is 38.2 Å². The standard InChI is InChI=1S/C53H31N3O2/c1-2-14-35-32(12-1)13-9-19-36(35)33-26-28-34(29-27-33)51-54-52(56-53(55-51)44-21-11-25-48-50(44)43-18-6-8-23-46(43)58-48)41-31-30-39(37-15-3-4-16-38(37)41)40-20-10-24-47-49(40)42-17-5-7-22-45(42)57-47/h1-31H. The van der Waals surface area contributed by atoms with Gasteiger partial charge in [-0.1, -0.05) is 158 Å². The molecule has 5 nitrogen and oxygen atoms in total. The van der Waals surface area contributed by atoms with Gasteiger partial charge in [0.05, 0.1) is 0 Å². The lowest BCUT2D eigenvalue weighted by molar-refractivity contribution is 0.668. The van der Waals surface area contributed by atoms with E-state index in [0.29, 0.717) is 17.5 Å². The molecule has 0 saturated carbocycles. The lowest BCUT2D eigenvalue weighted by Crippen LogP contribution is -2.01. The second-order valence-electron chi connectivity index (χ2n) is 14.7. The van der Waals surface area contributed by atoms with Crippen molar-refractivity contribution in [1.82, 2.24) is 15.0 Å². The van der Waals surface area contributed by atoms with E-state index >= 15 is 0 Å². The van der Waals surface area contributed by atoms with Gasteiger partial charge < -0.3 is 8.83 Å². The average molecular weight is 742 g/mol. The predicted octanol–water partition coefficient (Wildman–Crippen LogP) is 14.3. The Bertz CT molecular complexity index is 3570. The second-order valence-corrected chi connectivity index (χ2v) is 14.7. The Hall–Kier alpha value is -7.89. The Labute approximate surface area is 332 Å². The number of rotatable bonds is 5. The van der Waals surface area contributed by atoms with Crippen LogP contribution >= 0.6 is 0 Å². The quantitative estimate of drug-likeness (QED) is 0.176. The highest BCUT2D eigenvalue weighted by Crippen LogP contribution is 2.42. The molecule has 0 saturated heterocycles. The molecule has 12 rings (SSSR count). The van der Waals surface area contributed by atoms with Crippen molar-refractivity contribution in [2.24, 2.45) is 0 Å². The molecule has 0 aliphatic carbocycles. The molecule has 270 valence electrons. The maximum Gasteiger partial charge on any atom is 0.164 e. The van der Waals surface area contributed by atoms with E-state index < -0.39 is 0 Å². The van der Waals surface area contributed by atoms with Crippen LogP contribution in [0.25, 0.3) is 122 Å². The Morgan fingerprint density at radius 1 is 0.259 bits per heavy atom. The summed E-state index contributed by atoms with van der Waals surface area (Å²) in [4.78, 5) is 15.8. The van der Waals surface area contributed by atoms with Gasteiger partial charge in [0.15, 0.2) is 17.5 Å². The number of hydrogen-bond acceptors (Lipinski definition) is 5. The fourth-order valence-corrected chi connectivity index (χ4v) is 8.71. The molecule has 12 aromatic rings. The Morgan fingerprint density at radius 3 is 1.41 bits per heavy atom. The molecule has 5 heteroatoms. The lowest BCUT2D eigenvalue weighted by Gasteiger charge is -2.14. The summed E-state index contributed by atoms with van der Waals surface area (Å²) in [5.74, 6) is 1.77. The molecule has 9 aromatic carbocycles. The van der Waals surface area contributed by atoms with E-state index in [2.05, 4.69) is 140 Å². The molecule has 3 aromatic heterocycles. The maximum atomic E-state index is 6.32. The minimum atomic E-state index is 0.582. The normalized spacial score (nSPS) is 11.8. The van der Waals surface area contributed by atoms with Gasteiger partial charge in [0.2, 0.25) is 0 Å². The highest BCUT2D eigenvalue weighted by molar-refractivity contribution is 6.16. The summed E-state index contributed by atoms with van der Waals surface area (Å²) in [6.07, 6.45) is 0. The van der Waals surface area contributed by atoms with Gasteiger partial charge in [-0.2, -0.15) is 0 Å². The molecule has 0 spiro atoms. The van der Waals surface area contributed by atoms with Gasteiger partial charge in [0.25, 0.3) is 0 Å². The topological polar surface area (TPSA) is 65.0 Å². The van der Waals surface area contributed by atoms with E-state index in [-0.39, 0.29) is 0 Å². The molecule has 0 aliphatic heterocycles.